The molecular formula is C49H39N. The highest BCUT2D eigenvalue weighted by Gasteiger charge is 2.19. The van der Waals surface area contributed by atoms with Gasteiger partial charge in [0.2, 0.25) is 0 Å². The van der Waals surface area contributed by atoms with Crippen molar-refractivity contribution in [3.8, 4) is 33.4 Å². The zero-order valence-corrected chi connectivity index (χ0v) is 28.4. The maximum atomic E-state index is 2.45. The minimum Gasteiger partial charge on any atom is -0.310 e. The van der Waals surface area contributed by atoms with Gasteiger partial charge in [-0.3, -0.25) is 0 Å². The van der Waals surface area contributed by atoms with Crippen LogP contribution in [0.5, 0.6) is 0 Å². The number of anilines is 3. The Kier molecular flexibility index (Phi) is 7.75. The maximum absolute atomic E-state index is 2.45. The van der Waals surface area contributed by atoms with E-state index in [1.54, 1.807) is 0 Å². The second-order valence-corrected chi connectivity index (χ2v) is 13.6. The lowest BCUT2D eigenvalue weighted by atomic mass is 9.86. The zero-order chi connectivity index (χ0) is 33.4. The van der Waals surface area contributed by atoms with E-state index in [4.69, 9.17) is 0 Å². The van der Waals surface area contributed by atoms with Crippen LogP contribution in [0.4, 0.5) is 17.1 Å². The molecule has 240 valence electrons. The van der Waals surface area contributed by atoms with Crippen LogP contribution in [0.3, 0.4) is 0 Å². The third-order valence-corrected chi connectivity index (χ3v) is 10.6. The van der Waals surface area contributed by atoms with E-state index in [-0.39, 0.29) is 0 Å². The zero-order valence-electron chi connectivity index (χ0n) is 28.4. The molecule has 0 heterocycles. The smallest absolute Gasteiger partial charge is 0.0540 e. The molecule has 0 radical (unpaired) electrons. The van der Waals surface area contributed by atoms with Crippen LogP contribution in [-0.2, 0) is 12.8 Å². The lowest BCUT2D eigenvalue weighted by molar-refractivity contribution is 0.685. The molecule has 50 heavy (non-hydrogen) atoms. The number of para-hydroxylation sites is 1. The minimum atomic E-state index is 1.12. The summed E-state index contributed by atoms with van der Waals surface area (Å²) < 4.78 is 0. The predicted molar refractivity (Wildman–Crippen MR) is 214 cm³/mol. The van der Waals surface area contributed by atoms with Gasteiger partial charge in [0.15, 0.2) is 0 Å². The van der Waals surface area contributed by atoms with E-state index in [9.17, 15) is 0 Å². The van der Waals surface area contributed by atoms with Crippen LogP contribution in [0.2, 0.25) is 0 Å². The first-order chi connectivity index (χ1) is 24.7. The molecule has 0 saturated carbocycles. The molecular weight excluding hydrogens is 603 g/mol. The van der Waals surface area contributed by atoms with Gasteiger partial charge < -0.3 is 4.90 Å². The average Bonchev–Trinajstić information content (AvgIpc) is 3.18. The molecule has 0 atom stereocenters. The topological polar surface area (TPSA) is 3.24 Å². The summed E-state index contributed by atoms with van der Waals surface area (Å²) in [6.45, 7) is 2.26. The van der Waals surface area contributed by atoms with Crippen molar-refractivity contribution in [1.29, 1.82) is 0 Å². The highest BCUT2D eigenvalue weighted by atomic mass is 15.1. The summed E-state index contributed by atoms with van der Waals surface area (Å²) in [6, 6.07) is 62.5. The molecule has 0 spiro atoms. The van der Waals surface area contributed by atoms with Gasteiger partial charge in [0.05, 0.1) is 5.69 Å². The molecule has 1 heteroatoms. The van der Waals surface area contributed by atoms with Crippen molar-refractivity contribution in [2.45, 2.75) is 32.6 Å². The van der Waals surface area contributed by atoms with Gasteiger partial charge in [0.1, 0.15) is 0 Å². The number of benzene rings is 8. The molecule has 1 aliphatic carbocycles. The summed E-state index contributed by atoms with van der Waals surface area (Å²) in [5.74, 6) is 0. The van der Waals surface area contributed by atoms with Gasteiger partial charge >= 0.3 is 0 Å². The highest BCUT2D eigenvalue weighted by molar-refractivity contribution is 6.13. The lowest BCUT2D eigenvalue weighted by Gasteiger charge is -2.28. The van der Waals surface area contributed by atoms with Crippen LogP contribution in [0.1, 0.15) is 29.5 Å². The van der Waals surface area contributed by atoms with E-state index in [0.717, 1.165) is 17.1 Å². The van der Waals surface area contributed by atoms with E-state index in [2.05, 4.69) is 182 Å². The summed E-state index contributed by atoms with van der Waals surface area (Å²) >= 11 is 0. The molecule has 1 nitrogen and oxygen atoms in total. The summed E-state index contributed by atoms with van der Waals surface area (Å²) in [7, 11) is 0. The van der Waals surface area contributed by atoms with Crippen LogP contribution in [0.15, 0.2) is 170 Å². The quantitative estimate of drug-likeness (QED) is 0.163. The van der Waals surface area contributed by atoms with Crippen molar-refractivity contribution in [2.75, 3.05) is 4.90 Å². The van der Waals surface area contributed by atoms with Crippen LogP contribution in [-0.4, -0.2) is 0 Å². The molecule has 0 aromatic heterocycles. The SMILES string of the molecule is Cc1cc2c(cc1-c1ccc(N(c3ccc(-c4cc5ccccc5c5ccccc45)cc3)c3ccccc3-c3ccccc3)cc1)CCCC2. The largest absolute Gasteiger partial charge is 0.310 e. The third kappa shape index (κ3) is 5.46. The van der Waals surface area contributed by atoms with E-state index in [1.165, 1.54) is 97.3 Å². The number of hydrogen-bond acceptors (Lipinski definition) is 1. The lowest BCUT2D eigenvalue weighted by Crippen LogP contribution is -2.11. The number of aryl methyl sites for hydroxylation is 3. The fourth-order valence-electron chi connectivity index (χ4n) is 8.05. The van der Waals surface area contributed by atoms with Crippen molar-refractivity contribution in [3.05, 3.63) is 187 Å². The summed E-state index contributed by atoms with van der Waals surface area (Å²) in [5, 5.41) is 5.12. The van der Waals surface area contributed by atoms with E-state index >= 15 is 0 Å². The number of hydrogen-bond donors (Lipinski definition) is 0. The van der Waals surface area contributed by atoms with E-state index < -0.39 is 0 Å². The van der Waals surface area contributed by atoms with Gasteiger partial charge in [-0.25, -0.2) is 0 Å². The molecule has 0 saturated heterocycles. The Balaban J connectivity index is 1.16. The summed E-state index contributed by atoms with van der Waals surface area (Å²) in [5.41, 5.74) is 15.3. The highest BCUT2D eigenvalue weighted by Crippen LogP contribution is 2.43. The van der Waals surface area contributed by atoms with Crippen molar-refractivity contribution < 1.29 is 0 Å². The van der Waals surface area contributed by atoms with Crippen LogP contribution in [0.25, 0.3) is 54.9 Å². The standard InChI is InChI=1S/C49H39N/c1-34-31-38-15-5-6-16-39(38)32-47(34)36-23-27-41(28-24-36)50(49-22-12-11-19-44(49)35-13-3-2-4-14-35)42-29-25-37(26-30-42)48-33-40-17-7-8-18-43(40)45-20-9-10-21-46(45)48/h2-4,7-14,17-33H,5-6,15-16H2,1H3. The monoisotopic (exact) mass is 641 g/mol. The second kappa shape index (κ2) is 12.8. The normalized spacial score (nSPS) is 12.6. The summed E-state index contributed by atoms with van der Waals surface area (Å²) in [6.07, 6.45) is 5.00. The second-order valence-electron chi connectivity index (χ2n) is 13.6. The van der Waals surface area contributed by atoms with Gasteiger partial charge in [-0.05, 0) is 135 Å². The van der Waals surface area contributed by atoms with Gasteiger partial charge in [-0.15, -0.1) is 0 Å². The van der Waals surface area contributed by atoms with Crippen LogP contribution < -0.4 is 4.90 Å². The third-order valence-electron chi connectivity index (χ3n) is 10.6. The molecule has 0 aliphatic heterocycles. The maximum Gasteiger partial charge on any atom is 0.0540 e. The van der Waals surface area contributed by atoms with Crippen molar-refractivity contribution in [1.82, 2.24) is 0 Å². The predicted octanol–water partition coefficient (Wildman–Crippen LogP) is 13.7. The first kappa shape index (κ1) is 30.2. The molecule has 0 N–H and O–H groups in total. The Hall–Kier alpha value is -5.92. The first-order valence-corrected chi connectivity index (χ1v) is 17.9. The van der Waals surface area contributed by atoms with Crippen molar-refractivity contribution >= 4 is 38.6 Å². The van der Waals surface area contributed by atoms with Gasteiger partial charge in [0, 0.05) is 16.9 Å². The molecule has 8 aromatic carbocycles. The Labute approximate surface area is 295 Å². The van der Waals surface area contributed by atoms with Crippen molar-refractivity contribution in [3.63, 3.8) is 0 Å². The van der Waals surface area contributed by atoms with Crippen molar-refractivity contribution in [2.24, 2.45) is 0 Å². The van der Waals surface area contributed by atoms with Crippen LogP contribution in [0, 0.1) is 6.92 Å². The average molecular weight is 642 g/mol. The first-order valence-electron chi connectivity index (χ1n) is 17.9. The van der Waals surface area contributed by atoms with Gasteiger partial charge in [-0.2, -0.15) is 0 Å². The number of fused-ring (bicyclic) bond motifs is 4. The van der Waals surface area contributed by atoms with E-state index in [0.29, 0.717) is 0 Å². The fraction of sp³-hybridized carbons (Fsp3) is 0.102. The van der Waals surface area contributed by atoms with Gasteiger partial charge in [0.25, 0.3) is 0 Å². The minimum absolute atomic E-state index is 1.12. The fourth-order valence-corrected chi connectivity index (χ4v) is 8.05. The molecule has 0 fully saturated rings. The summed E-state index contributed by atoms with van der Waals surface area (Å²) in [4.78, 5) is 2.41. The molecule has 9 rings (SSSR count). The Morgan fingerprint density at radius 2 is 0.940 bits per heavy atom. The Morgan fingerprint density at radius 3 is 1.66 bits per heavy atom. The van der Waals surface area contributed by atoms with E-state index in [1.807, 2.05) is 0 Å². The Bertz CT molecular complexity index is 2470. The molecule has 0 amide bonds. The van der Waals surface area contributed by atoms with Crippen LogP contribution >= 0.6 is 0 Å². The number of nitrogens with zero attached hydrogens (tertiary/aromatic N) is 1. The number of rotatable bonds is 6. The molecule has 0 bridgehead atoms. The molecule has 1 aliphatic rings. The molecule has 0 unspecified atom stereocenters. The molecule has 8 aromatic rings. The Morgan fingerprint density at radius 1 is 0.400 bits per heavy atom. The van der Waals surface area contributed by atoms with Gasteiger partial charge in [-0.1, -0.05) is 133 Å².